The van der Waals surface area contributed by atoms with Crippen molar-refractivity contribution >= 4 is 17.4 Å². The number of carbonyl (C=O) groups excluding carboxylic acids is 1. The van der Waals surface area contributed by atoms with Crippen LogP contribution in [-0.2, 0) is 9.53 Å². The third-order valence-corrected chi connectivity index (χ3v) is 4.37. The van der Waals surface area contributed by atoms with E-state index in [1.807, 2.05) is 12.1 Å². The van der Waals surface area contributed by atoms with Crippen molar-refractivity contribution in [3.05, 3.63) is 18.5 Å². The van der Waals surface area contributed by atoms with Crippen LogP contribution in [-0.4, -0.2) is 83.1 Å². The highest BCUT2D eigenvalue weighted by atomic mass is 16.5. The summed E-state index contributed by atoms with van der Waals surface area (Å²) in [6, 6.07) is 4.16. The Hall–Kier alpha value is -2.26. The second kappa shape index (κ2) is 8.21. The topological polar surface area (TPSA) is 87.9 Å². The lowest BCUT2D eigenvalue weighted by molar-refractivity contribution is -0.122. The van der Waals surface area contributed by atoms with E-state index < -0.39 is 0 Å². The molecule has 9 nitrogen and oxygen atoms in total. The highest BCUT2D eigenvalue weighted by Gasteiger charge is 2.26. The SMILES string of the molecule is COCCCNC(=O)CN1CCN(c2ccc3nncn3n2)[C@@H](C)C1. The maximum Gasteiger partial charge on any atom is 0.234 e. The molecule has 1 atom stereocenters. The normalized spacial score (nSPS) is 18.6. The predicted octanol–water partition coefficient (Wildman–Crippen LogP) is -0.212. The van der Waals surface area contributed by atoms with Crippen LogP contribution in [0.15, 0.2) is 18.5 Å². The molecule has 0 unspecified atom stereocenters. The summed E-state index contributed by atoms with van der Waals surface area (Å²) in [5.74, 6) is 0.976. The Morgan fingerprint density at radius 1 is 1.40 bits per heavy atom. The Balaban J connectivity index is 1.51. The van der Waals surface area contributed by atoms with Crippen LogP contribution in [0.4, 0.5) is 5.82 Å². The number of piperazine rings is 1. The van der Waals surface area contributed by atoms with E-state index in [0.717, 1.165) is 37.5 Å². The molecule has 9 heteroatoms. The van der Waals surface area contributed by atoms with Crippen LogP contribution < -0.4 is 10.2 Å². The quantitative estimate of drug-likeness (QED) is 0.693. The van der Waals surface area contributed by atoms with Crippen molar-refractivity contribution < 1.29 is 9.53 Å². The van der Waals surface area contributed by atoms with Gasteiger partial charge in [-0.1, -0.05) is 0 Å². The van der Waals surface area contributed by atoms with Crippen LogP contribution in [0, 0.1) is 0 Å². The molecular formula is C16H25N7O2. The van der Waals surface area contributed by atoms with E-state index in [0.29, 0.717) is 19.7 Å². The maximum absolute atomic E-state index is 12.0. The van der Waals surface area contributed by atoms with E-state index in [1.165, 1.54) is 0 Å². The average molecular weight is 347 g/mol. The highest BCUT2D eigenvalue weighted by molar-refractivity contribution is 5.78. The van der Waals surface area contributed by atoms with E-state index >= 15 is 0 Å². The van der Waals surface area contributed by atoms with Crippen molar-refractivity contribution in [1.82, 2.24) is 30.0 Å². The van der Waals surface area contributed by atoms with Gasteiger partial charge in [0.15, 0.2) is 5.65 Å². The van der Waals surface area contributed by atoms with Gasteiger partial charge < -0.3 is 15.0 Å². The maximum atomic E-state index is 12.0. The molecule has 0 aliphatic carbocycles. The monoisotopic (exact) mass is 347 g/mol. The van der Waals surface area contributed by atoms with Crippen molar-refractivity contribution in [2.75, 3.05) is 51.3 Å². The number of rotatable bonds is 7. The lowest BCUT2D eigenvalue weighted by Crippen LogP contribution is -2.54. The number of nitrogens with zero attached hydrogens (tertiary/aromatic N) is 6. The molecule has 136 valence electrons. The number of carbonyl (C=O) groups is 1. The number of ether oxygens (including phenoxy) is 1. The van der Waals surface area contributed by atoms with Gasteiger partial charge in [0.05, 0.1) is 6.54 Å². The predicted molar refractivity (Wildman–Crippen MR) is 93.5 cm³/mol. The number of aromatic nitrogens is 4. The number of amides is 1. The molecule has 25 heavy (non-hydrogen) atoms. The van der Waals surface area contributed by atoms with Crippen LogP contribution >= 0.6 is 0 Å². The molecule has 1 aliphatic rings. The van der Waals surface area contributed by atoms with Gasteiger partial charge >= 0.3 is 0 Å². The van der Waals surface area contributed by atoms with Gasteiger partial charge in [0.1, 0.15) is 12.1 Å². The van der Waals surface area contributed by atoms with Gasteiger partial charge in [-0.3, -0.25) is 9.69 Å². The molecule has 0 aromatic carbocycles. The highest BCUT2D eigenvalue weighted by Crippen LogP contribution is 2.18. The molecule has 1 N–H and O–H groups in total. The van der Waals surface area contributed by atoms with E-state index in [4.69, 9.17) is 4.74 Å². The van der Waals surface area contributed by atoms with Gasteiger partial charge in [-0.05, 0) is 25.5 Å². The molecule has 1 saturated heterocycles. The average Bonchev–Trinajstić information content (AvgIpc) is 3.06. The molecule has 1 amide bonds. The lowest BCUT2D eigenvalue weighted by Gasteiger charge is -2.40. The summed E-state index contributed by atoms with van der Waals surface area (Å²) in [6.07, 6.45) is 2.44. The van der Waals surface area contributed by atoms with Crippen molar-refractivity contribution in [3.63, 3.8) is 0 Å². The van der Waals surface area contributed by atoms with Crippen LogP contribution in [0.3, 0.4) is 0 Å². The van der Waals surface area contributed by atoms with Crippen molar-refractivity contribution in [2.24, 2.45) is 0 Å². The fraction of sp³-hybridized carbons (Fsp3) is 0.625. The Bertz CT molecular complexity index is 705. The lowest BCUT2D eigenvalue weighted by atomic mass is 10.2. The molecule has 0 spiro atoms. The summed E-state index contributed by atoms with van der Waals surface area (Å²) in [7, 11) is 1.67. The Kier molecular flexibility index (Phi) is 5.77. The summed E-state index contributed by atoms with van der Waals surface area (Å²) in [4.78, 5) is 16.5. The first-order valence-electron chi connectivity index (χ1n) is 8.59. The number of hydrogen-bond donors (Lipinski definition) is 1. The molecule has 0 saturated carbocycles. The molecule has 3 rings (SSSR count). The molecule has 3 heterocycles. The minimum absolute atomic E-state index is 0.0702. The van der Waals surface area contributed by atoms with Crippen LogP contribution in [0.5, 0.6) is 0 Å². The van der Waals surface area contributed by atoms with Gasteiger partial charge in [-0.25, -0.2) is 0 Å². The van der Waals surface area contributed by atoms with Gasteiger partial charge in [0.25, 0.3) is 0 Å². The van der Waals surface area contributed by atoms with E-state index in [2.05, 4.69) is 37.3 Å². The van der Waals surface area contributed by atoms with Gasteiger partial charge in [0.2, 0.25) is 5.91 Å². The third kappa shape index (κ3) is 4.43. The fourth-order valence-electron chi connectivity index (χ4n) is 3.09. The smallest absolute Gasteiger partial charge is 0.234 e. The van der Waals surface area contributed by atoms with E-state index in [1.54, 1.807) is 18.0 Å². The molecule has 1 fully saturated rings. The van der Waals surface area contributed by atoms with Crippen LogP contribution in [0.25, 0.3) is 5.65 Å². The molecule has 2 aromatic rings. The van der Waals surface area contributed by atoms with Gasteiger partial charge in [0, 0.05) is 45.9 Å². The molecule has 0 bridgehead atoms. The van der Waals surface area contributed by atoms with E-state index in [9.17, 15) is 4.79 Å². The molecule has 2 aromatic heterocycles. The number of fused-ring (bicyclic) bond motifs is 1. The second-order valence-electron chi connectivity index (χ2n) is 6.30. The summed E-state index contributed by atoms with van der Waals surface area (Å²) in [6.45, 7) is 6.40. The number of anilines is 1. The minimum Gasteiger partial charge on any atom is -0.385 e. The minimum atomic E-state index is 0.0702. The van der Waals surface area contributed by atoms with E-state index in [-0.39, 0.29) is 11.9 Å². The number of methoxy groups -OCH3 is 1. The summed E-state index contributed by atoms with van der Waals surface area (Å²) in [5, 5.41) is 15.3. The first kappa shape index (κ1) is 17.6. The van der Waals surface area contributed by atoms with Crippen molar-refractivity contribution in [3.8, 4) is 0 Å². The third-order valence-electron chi connectivity index (χ3n) is 4.37. The largest absolute Gasteiger partial charge is 0.385 e. The fourth-order valence-corrected chi connectivity index (χ4v) is 3.09. The zero-order valence-electron chi connectivity index (χ0n) is 14.8. The Labute approximate surface area is 146 Å². The standard InChI is InChI=1S/C16H25N7O2/c1-13-10-21(11-16(24)17-6-3-9-25-2)7-8-22(13)15-5-4-14-19-18-12-23(14)20-15/h4-5,12-13H,3,6-11H2,1-2H3,(H,17,24)/t13-/m0/s1. The zero-order valence-corrected chi connectivity index (χ0v) is 14.8. The first-order valence-corrected chi connectivity index (χ1v) is 8.59. The number of hydrogen-bond acceptors (Lipinski definition) is 7. The molecule has 1 aliphatic heterocycles. The molecule has 0 radical (unpaired) electrons. The Morgan fingerprint density at radius 2 is 2.28 bits per heavy atom. The Morgan fingerprint density at radius 3 is 3.08 bits per heavy atom. The summed E-state index contributed by atoms with van der Waals surface area (Å²) < 4.78 is 6.66. The summed E-state index contributed by atoms with van der Waals surface area (Å²) >= 11 is 0. The van der Waals surface area contributed by atoms with Crippen LogP contribution in [0.1, 0.15) is 13.3 Å². The molecular weight excluding hydrogens is 322 g/mol. The summed E-state index contributed by atoms with van der Waals surface area (Å²) in [5.41, 5.74) is 0.736. The van der Waals surface area contributed by atoms with Crippen LogP contribution in [0.2, 0.25) is 0 Å². The van der Waals surface area contributed by atoms with Crippen molar-refractivity contribution in [2.45, 2.75) is 19.4 Å². The zero-order chi connectivity index (χ0) is 17.6. The number of nitrogens with one attached hydrogen (secondary N) is 1. The second-order valence-corrected chi connectivity index (χ2v) is 6.30. The van der Waals surface area contributed by atoms with Gasteiger partial charge in [-0.15, -0.1) is 15.3 Å². The van der Waals surface area contributed by atoms with Gasteiger partial charge in [-0.2, -0.15) is 4.52 Å². The van der Waals surface area contributed by atoms with Crippen molar-refractivity contribution in [1.29, 1.82) is 0 Å². The first-order chi connectivity index (χ1) is 12.2.